The van der Waals surface area contributed by atoms with Crippen LogP contribution >= 0.6 is 0 Å². The lowest BCUT2D eigenvalue weighted by Crippen LogP contribution is -2.54. The number of carbonyl (C=O) groups excluding carboxylic acids is 3. The first kappa shape index (κ1) is 21.0. The minimum atomic E-state index is -0.424. The Morgan fingerprint density at radius 2 is 1.54 bits per heavy atom. The Labute approximate surface area is 168 Å². The number of piperazine rings is 1. The molecule has 0 aromatic heterocycles. The van der Waals surface area contributed by atoms with E-state index >= 15 is 0 Å². The lowest BCUT2D eigenvalue weighted by molar-refractivity contribution is -0.139. The van der Waals surface area contributed by atoms with Gasteiger partial charge in [0.1, 0.15) is 0 Å². The van der Waals surface area contributed by atoms with Crippen molar-refractivity contribution < 1.29 is 14.4 Å². The van der Waals surface area contributed by atoms with Crippen LogP contribution in [0.3, 0.4) is 0 Å². The first-order chi connectivity index (χ1) is 13.4. The van der Waals surface area contributed by atoms with Crippen molar-refractivity contribution in [3.63, 3.8) is 0 Å². The van der Waals surface area contributed by atoms with E-state index in [4.69, 9.17) is 5.73 Å². The fourth-order valence-corrected chi connectivity index (χ4v) is 4.69. The third kappa shape index (κ3) is 5.44. The highest BCUT2D eigenvalue weighted by atomic mass is 16.2. The first-order valence-corrected chi connectivity index (χ1v) is 10.7. The van der Waals surface area contributed by atoms with E-state index in [9.17, 15) is 14.4 Å². The largest absolute Gasteiger partial charge is 0.370 e. The molecule has 0 aromatic carbocycles. The van der Waals surface area contributed by atoms with Crippen molar-refractivity contribution in [2.75, 3.05) is 59.4 Å². The minimum absolute atomic E-state index is 0.0269. The molecular formula is C20H35N5O3. The number of piperidine rings is 2. The number of amides is 3. The zero-order valence-corrected chi connectivity index (χ0v) is 17.1. The van der Waals surface area contributed by atoms with Crippen molar-refractivity contribution in [2.24, 2.45) is 11.7 Å². The van der Waals surface area contributed by atoms with Crippen LogP contribution in [0.2, 0.25) is 0 Å². The average Bonchev–Trinajstić information content (AvgIpc) is 2.72. The van der Waals surface area contributed by atoms with Gasteiger partial charge in [0.05, 0.1) is 5.92 Å². The maximum absolute atomic E-state index is 12.9. The van der Waals surface area contributed by atoms with E-state index in [0.29, 0.717) is 11.9 Å². The molecule has 0 unspecified atom stereocenters. The number of likely N-dealkylation sites (tertiary alicyclic amines) is 2. The Morgan fingerprint density at radius 3 is 2.18 bits per heavy atom. The van der Waals surface area contributed by atoms with Crippen LogP contribution in [0.1, 0.15) is 38.5 Å². The number of hydrogen-bond acceptors (Lipinski definition) is 5. The molecule has 0 aliphatic carbocycles. The van der Waals surface area contributed by atoms with Crippen molar-refractivity contribution in [1.82, 2.24) is 19.6 Å². The van der Waals surface area contributed by atoms with Crippen molar-refractivity contribution >= 4 is 17.7 Å². The SMILES string of the molecule is CN1CCN(C(=O)[C@@H]2CCCN(C3CCN(C(=O)CCC(N)=O)CC3)C2)CC1. The quantitative estimate of drug-likeness (QED) is 0.694. The smallest absolute Gasteiger partial charge is 0.227 e. The fraction of sp³-hybridized carbons (Fsp3) is 0.850. The number of primary amides is 1. The van der Waals surface area contributed by atoms with Gasteiger partial charge in [0, 0.05) is 64.7 Å². The monoisotopic (exact) mass is 393 g/mol. The van der Waals surface area contributed by atoms with Gasteiger partial charge >= 0.3 is 0 Å². The molecule has 2 N–H and O–H groups in total. The molecule has 0 saturated carbocycles. The summed E-state index contributed by atoms with van der Waals surface area (Å²) >= 11 is 0. The van der Waals surface area contributed by atoms with Gasteiger partial charge in [-0.05, 0) is 39.3 Å². The van der Waals surface area contributed by atoms with Gasteiger partial charge < -0.3 is 20.4 Å². The lowest BCUT2D eigenvalue weighted by Gasteiger charge is -2.43. The van der Waals surface area contributed by atoms with E-state index in [1.807, 2.05) is 9.80 Å². The lowest BCUT2D eigenvalue weighted by atomic mass is 9.92. The highest BCUT2D eigenvalue weighted by molar-refractivity contribution is 5.83. The average molecular weight is 394 g/mol. The van der Waals surface area contributed by atoms with E-state index in [2.05, 4.69) is 16.8 Å². The summed E-state index contributed by atoms with van der Waals surface area (Å²) in [4.78, 5) is 44.7. The molecule has 0 radical (unpaired) electrons. The summed E-state index contributed by atoms with van der Waals surface area (Å²) in [7, 11) is 2.11. The summed E-state index contributed by atoms with van der Waals surface area (Å²) < 4.78 is 0. The molecule has 3 aliphatic heterocycles. The van der Waals surface area contributed by atoms with Gasteiger partial charge in [0.2, 0.25) is 17.7 Å². The molecule has 8 heteroatoms. The molecule has 3 heterocycles. The highest BCUT2D eigenvalue weighted by Crippen LogP contribution is 2.25. The van der Waals surface area contributed by atoms with Crippen LogP contribution < -0.4 is 5.73 Å². The normalized spacial score (nSPS) is 25.7. The van der Waals surface area contributed by atoms with Crippen molar-refractivity contribution in [3.8, 4) is 0 Å². The van der Waals surface area contributed by atoms with Gasteiger partial charge in [-0.25, -0.2) is 0 Å². The fourth-order valence-electron chi connectivity index (χ4n) is 4.69. The minimum Gasteiger partial charge on any atom is -0.370 e. The molecule has 158 valence electrons. The number of rotatable bonds is 5. The number of nitrogens with zero attached hydrogens (tertiary/aromatic N) is 4. The Morgan fingerprint density at radius 1 is 0.857 bits per heavy atom. The predicted molar refractivity (Wildman–Crippen MR) is 106 cm³/mol. The second kappa shape index (κ2) is 9.69. The van der Waals surface area contributed by atoms with Gasteiger partial charge in [-0.1, -0.05) is 0 Å². The predicted octanol–water partition coefficient (Wildman–Crippen LogP) is -0.271. The molecule has 8 nitrogen and oxygen atoms in total. The summed E-state index contributed by atoms with van der Waals surface area (Å²) in [6.07, 6.45) is 4.29. The van der Waals surface area contributed by atoms with Crippen LogP contribution in [0.5, 0.6) is 0 Å². The zero-order valence-electron chi connectivity index (χ0n) is 17.1. The van der Waals surface area contributed by atoms with Crippen LogP contribution in [-0.4, -0.2) is 103 Å². The maximum atomic E-state index is 12.9. The van der Waals surface area contributed by atoms with E-state index in [0.717, 1.165) is 78.0 Å². The summed E-state index contributed by atoms with van der Waals surface area (Å²) in [6, 6.07) is 0.447. The van der Waals surface area contributed by atoms with Gasteiger partial charge in [-0.3, -0.25) is 19.3 Å². The van der Waals surface area contributed by atoms with Crippen LogP contribution in [0.4, 0.5) is 0 Å². The molecule has 0 aromatic rings. The molecule has 28 heavy (non-hydrogen) atoms. The molecule has 3 rings (SSSR count). The molecule has 0 spiro atoms. The molecule has 1 atom stereocenters. The molecule has 3 amide bonds. The van der Waals surface area contributed by atoms with Crippen molar-refractivity contribution in [3.05, 3.63) is 0 Å². The Hall–Kier alpha value is -1.67. The number of nitrogens with two attached hydrogens (primary N) is 1. The third-order valence-corrected chi connectivity index (χ3v) is 6.54. The molecule has 3 fully saturated rings. The molecular weight excluding hydrogens is 358 g/mol. The van der Waals surface area contributed by atoms with E-state index in [1.165, 1.54) is 0 Å². The maximum Gasteiger partial charge on any atom is 0.227 e. The van der Waals surface area contributed by atoms with E-state index < -0.39 is 5.91 Å². The number of likely N-dealkylation sites (N-methyl/N-ethyl adjacent to an activating group) is 1. The Balaban J connectivity index is 1.45. The first-order valence-electron chi connectivity index (χ1n) is 10.7. The number of carbonyl (C=O) groups is 3. The van der Waals surface area contributed by atoms with Crippen LogP contribution in [0.25, 0.3) is 0 Å². The summed E-state index contributed by atoms with van der Waals surface area (Å²) in [6.45, 7) is 6.98. The van der Waals surface area contributed by atoms with E-state index in [-0.39, 0.29) is 24.7 Å². The Kier molecular flexibility index (Phi) is 7.29. The van der Waals surface area contributed by atoms with Crippen LogP contribution in [-0.2, 0) is 14.4 Å². The summed E-state index contributed by atoms with van der Waals surface area (Å²) in [5.41, 5.74) is 5.14. The third-order valence-electron chi connectivity index (χ3n) is 6.54. The highest BCUT2D eigenvalue weighted by Gasteiger charge is 2.34. The van der Waals surface area contributed by atoms with Crippen LogP contribution in [0.15, 0.2) is 0 Å². The molecule has 3 aliphatic rings. The summed E-state index contributed by atoms with van der Waals surface area (Å²) in [5.74, 6) is 0.0517. The van der Waals surface area contributed by atoms with Crippen molar-refractivity contribution in [2.45, 2.75) is 44.6 Å². The summed E-state index contributed by atoms with van der Waals surface area (Å²) in [5, 5.41) is 0. The second-order valence-electron chi connectivity index (χ2n) is 8.54. The molecule has 0 bridgehead atoms. The van der Waals surface area contributed by atoms with Crippen molar-refractivity contribution in [1.29, 1.82) is 0 Å². The van der Waals surface area contributed by atoms with E-state index in [1.54, 1.807) is 0 Å². The van der Waals surface area contributed by atoms with Gasteiger partial charge in [-0.15, -0.1) is 0 Å². The standard InChI is InChI=1S/C20H35N5O3/c1-22-11-13-24(14-12-22)20(28)16-3-2-8-25(15-16)17-6-9-23(10-7-17)19(27)5-4-18(21)26/h16-17H,2-15H2,1H3,(H2,21,26)/t16-/m1/s1. The second-order valence-corrected chi connectivity index (χ2v) is 8.54. The topological polar surface area (TPSA) is 90.2 Å². The van der Waals surface area contributed by atoms with Gasteiger partial charge in [-0.2, -0.15) is 0 Å². The number of hydrogen-bond donors (Lipinski definition) is 1. The molecule has 3 saturated heterocycles. The Bertz CT molecular complexity index is 568. The zero-order chi connectivity index (χ0) is 20.1. The van der Waals surface area contributed by atoms with Gasteiger partial charge in [0.25, 0.3) is 0 Å². The van der Waals surface area contributed by atoms with Crippen LogP contribution in [0, 0.1) is 5.92 Å². The van der Waals surface area contributed by atoms with Gasteiger partial charge in [0.15, 0.2) is 0 Å².